The fraction of sp³-hybridized carbons (Fsp3) is 0.312. The van der Waals surface area contributed by atoms with Crippen LogP contribution in [-0.2, 0) is 6.54 Å². The normalized spacial score (nSPS) is 11.0. The van der Waals surface area contributed by atoms with Crippen molar-refractivity contribution in [2.75, 3.05) is 11.9 Å². The lowest BCUT2D eigenvalue weighted by atomic mass is 10.2. The van der Waals surface area contributed by atoms with E-state index in [9.17, 15) is 4.39 Å². The number of aromatic nitrogens is 1. The average molecular weight is 308 g/mol. The van der Waals surface area contributed by atoms with Crippen molar-refractivity contribution in [3.63, 3.8) is 0 Å². The zero-order valence-corrected chi connectivity index (χ0v) is 13.2. The van der Waals surface area contributed by atoms with Crippen LogP contribution < -0.4 is 10.2 Å². The highest BCUT2D eigenvalue weighted by Gasteiger charge is 2.10. The first-order valence-electron chi connectivity index (χ1n) is 6.85. The molecule has 1 aromatic carbocycles. The number of nitrogens with one attached hydrogen (secondary N) is 1. The molecule has 0 spiro atoms. The van der Waals surface area contributed by atoms with E-state index in [2.05, 4.69) is 24.1 Å². The van der Waals surface area contributed by atoms with E-state index in [0.717, 1.165) is 17.2 Å². The Balaban J connectivity index is 2.25. The van der Waals surface area contributed by atoms with Crippen LogP contribution in [0.15, 0.2) is 36.4 Å². The van der Waals surface area contributed by atoms with Crippen LogP contribution in [0.25, 0.3) is 0 Å². The summed E-state index contributed by atoms with van der Waals surface area (Å²) in [5.74, 6) is 0.459. The van der Waals surface area contributed by atoms with Crippen LogP contribution in [0, 0.1) is 5.82 Å². The third-order valence-corrected chi connectivity index (χ3v) is 3.46. The molecule has 0 atom stereocenters. The van der Waals surface area contributed by atoms with Crippen LogP contribution in [-0.4, -0.2) is 18.1 Å². The van der Waals surface area contributed by atoms with Gasteiger partial charge >= 0.3 is 0 Å². The molecule has 2 rings (SSSR count). The molecule has 1 aromatic heterocycles. The maximum absolute atomic E-state index is 13.3. The summed E-state index contributed by atoms with van der Waals surface area (Å²) < 4.78 is 13.3. The van der Waals surface area contributed by atoms with Gasteiger partial charge in [0, 0.05) is 25.3 Å². The van der Waals surface area contributed by atoms with Gasteiger partial charge in [-0.15, -0.1) is 0 Å². The summed E-state index contributed by atoms with van der Waals surface area (Å²) in [5, 5.41) is 3.92. The maximum Gasteiger partial charge on any atom is 0.133 e. The van der Waals surface area contributed by atoms with Crippen molar-refractivity contribution in [1.29, 1.82) is 0 Å². The van der Waals surface area contributed by atoms with Crippen molar-refractivity contribution in [2.45, 2.75) is 26.4 Å². The van der Waals surface area contributed by atoms with Gasteiger partial charge in [-0.25, -0.2) is 9.37 Å². The number of halogens is 2. The zero-order valence-electron chi connectivity index (χ0n) is 12.4. The molecule has 0 saturated heterocycles. The van der Waals surface area contributed by atoms with Gasteiger partial charge in [0.2, 0.25) is 0 Å². The van der Waals surface area contributed by atoms with E-state index in [1.165, 1.54) is 12.1 Å². The molecular weight excluding hydrogens is 289 g/mol. The van der Waals surface area contributed by atoms with Gasteiger partial charge in [-0.3, -0.25) is 0 Å². The summed E-state index contributed by atoms with van der Waals surface area (Å²) in [6.07, 6.45) is 0. The highest BCUT2D eigenvalue weighted by Crippen LogP contribution is 2.25. The minimum atomic E-state index is -0.269. The number of nitrogens with zero attached hydrogens (tertiary/aromatic N) is 2. The van der Waals surface area contributed by atoms with Gasteiger partial charge in [-0.2, -0.15) is 0 Å². The predicted molar refractivity (Wildman–Crippen MR) is 85.7 cm³/mol. The fourth-order valence-electron chi connectivity index (χ4n) is 1.90. The third-order valence-electron chi connectivity index (χ3n) is 3.12. The first-order chi connectivity index (χ1) is 9.97. The molecule has 0 aliphatic carbocycles. The third kappa shape index (κ3) is 4.16. The minimum absolute atomic E-state index is 0.269. The Kier molecular flexibility index (Phi) is 5.15. The quantitative estimate of drug-likeness (QED) is 0.900. The Morgan fingerprint density at radius 1 is 1.29 bits per heavy atom. The topological polar surface area (TPSA) is 28.2 Å². The molecule has 1 heterocycles. The maximum atomic E-state index is 13.3. The lowest BCUT2D eigenvalue weighted by Crippen LogP contribution is -2.23. The van der Waals surface area contributed by atoms with Crippen LogP contribution in [0.3, 0.4) is 0 Å². The van der Waals surface area contributed by atoms with Crippen molar-refractivity contribution in [3.05, 3.63) is 52.9 Å². The lowest BCUT2D eigenvalue weighted by molar-refractivity contribution is 0.581. The van der Waals surface area contributed by atoms with Crippen LogP contribution >= 0.6 is 11.6 Å². The van der Waals surface area contributed by atoms with Gasteiger partial charge in [0.1, 0.15) is 11.6 Å². The fourth-order valence-corrected chi connectivity index (χ4v) is 2.07. The highest BCUT2D eigenvalue weighted by atomic mass is 35.5. The Hall–Kier alpha value is -1.65. The smallest absolute Gasteiger partial charge is 0.133 e. The summed E-state index contributed by atoms with van der Waals surface area (Å²) in [6, 6.07) is 10.4. The Labute approximate surface area is 129 Å². The molecule has 0 unspecified atom stereocenters. The monoisotopic (exact) mass is 307 g/mol. The van der Waals surface area contributed by atoms with E-state index in [4.69, 9.17) is 11.6 Å². The molecule has 0 fully saturated rings. The second kappa shape index (κ2) is 6.87. The van der Waals surface area contributed by atoms with Gasteiger partial charge in [-0.05, 0) is 30.3 Å². The zero-order chi connectivity index (χ0) is 15.4. The molecule has 0 radical (unpaired) electrons. The van der Waals surface area contributed by atoms with Crippen LogP contribution in [0.4, 0.5) is 15.9 Å². The Morgan fingerprint density at radius 3 is 2.71 bits per heavy atom. The summed E-state index contributed by atoms with van der Waals surface area (Å²) in [4.78, 5) is 6.39. The molecule has 3 nitrogen and oxygen atoms in total. The molecule has 5 heteroatoms. The van der Waals surface area contributed by atoms with Crippen molar-refractivity contribution < 1.29 is 4.39 Å². The molecule has 0 aliphatic rings. The second-order valence-corrected chi connectivity index (χ2v) is 5.58. The number of anilines is 2. The number of pyridine rings is 1. The molecule has 0 amide bonds. The molecule has 2 aromatic rings. The SMILES string of the molecule is CC(C)NCc1nc(N(C)c2cccc(F)c2)ccc1Cl. The second-order valence-electron chi connectivity index (χ2n) is 5.17. The largest absolute Gasteiger partial charge is 0.329 e. The van der Waals surface area contributed by atoms with Gasteiger partial charge in [0.25, 0.3) is 0 Å². The number of rotatable bonds is 5. The summed E-state index contributed by atoms with van der Waals surface area (Å²) in [7, 11) is 1.85. The average Bonchev–Trinajstić information content (AvgIpc) is 2.45. The van der Waals surface area contributed by atoms with E-state index < -0.39 is 0 Å². The Bertz CT molecular complexity index is 616. The summed E-state index contributed by atoms with van der Waals surface area (Å²) in [6.45, 7) is 4.73. The van der Waals surface area contributed by atoms with Gasteiger partial charge in [-0.1, -0.05) is 31.5 Å². The summed E-state index contributed by atoms with van der Waals surface area (Å²) >= 11 is 6.17. The molecule has 0 bridgehead atoms. The lowest BCUT2D eigenvalue weighted by Gasteiger charge is -2.20. The molecule has 112 valence electrons. The Morgan fingerprint density at radius 2 is 2.05 bits per heavy atom. The molecule has 0 aliphatic heterocycles. The van der Waals surface area contributed by atoms with Crippen molar-refractivity contribution in [3.8, 4) is 0 Å². The molecule has 21 heavy (non-hydrogen) atoms. The van der Waals surface area contributed by atoms with Crippen molar-refractivity contribution in [2.24, 2.45) is 0 Å². The molecule has 0 saturated carbocycles. The van der Waals surface area contributed by atoms with Gasteiger partial charge in [0.15, 0.2) is 0 Å². The van der Waals surface area contributed by atoms with Gasteiger partial charge in [0.05, 0.1) is 10.7 Å². The first kappa shape index (κ1) is 15.7. The number of benzene rings is 1. The van der Waals surface area contributed by atoms with E-state index in [-0.39, 0.29) is 5.82 Å². The van der Waals surface area contributed by atoms with Crippen molar-refractivity contribution in [1.82, 2.24) is 10.3 Å². The van der Waals surface area contributed by atoms with Gasteiger partial charge < -0.3 is 10.2 Å². The van der Waals surface area contributed by atoms with Crippen LogP contribution in [0.1, 0.15) is 19.5 Å². The first-order valence-corrected chi connectivity index (χ1v) is 7.23. The standard InChI is InChI=1S/C16H19ClFN3/c1-11(2)19-10-15-14(17)7-8-16(20-15)21(3)13-6-4-5-12(18)9-13/h4-9,11,19H,10H2,1-3H3. The van der Waals surface area contributed by atoms with Crippen LogP contribution in [0.5, 0.6) is 0 Å². The summed E-state index contributed by atoms with van der Waals surface area (Å²) in [5.41, 5.74) is 1.53. The van der Waals surface area contributed by atoms with E-state index in [1.54, 1.807) is 6.07 Å². The van der Waals surface area contributed by atoms with Crippen molar-refractivity contribution >= 4 is 23.1 Å². The van der Waals surface area contributed by atoms with Crippen LogP contribution in [0.2, 0.25) is 5.02 Å². The predicted octanol–water partition coefficient (Wildman–Crippen LogP) is 4.14. The number of hydrogen-bond donors (Lipinski definition) is 1. The van der Waals surface area contributed by atoms with E-state index in [1.807, 2.05) is 30.1 Å². The minimum Gasteiger partial charge on any atom is -0.329 e. The highest BCUT2D eigenvalue weighted by molar-refractivity contribution is 6.31. The van der Waals surface area contributed by atoms with E-state index >= 15 is 0 Å². The van der Waals surface area contributed by atoms with E-state index in [0.29, 0.717) is 17.6 Å². The molecular formula is C16H19ClFN3. The molecule has 1 N–H and O–H groups in total. The number of hydrogen-bond acceptors (Lipinski definition) is 3.